The summed E-state index contributed by atoms with van der Waals surface area (Å²) in [5, 5.41) is 8.89. The molecule has 3 aromatic rings. The number of rotatable bonds is 2. The van der Waals surface area contributed by atoms with Crippen LogP contribution in [0, 0.1) is 24.1 Å². The maximum absolute atomic E-state index is 14.1. The van der Waals surface area contributed by atoms with Crippen molar-refractivity contribution in [2.75, 3.05) is 0 Å². The predicted octanol–water partition coefficient (Wildman–Crippen LogP) is 3.40. The molecular formula is C16H12FN3. The third-order valence-electron chi connectivity index (χ3n) is 3.37. The van der Waals surface area contributed by atoms with Crippen LogP contribution in [0.2, 0.25) is 0 Å². The number of fused-ring (bicyclic) bond motifs is 1. The average molecular weight is 265 g/mol. The number of hydrogen-bond donors (Lipinski definition) is 0. The van der Waals surface area contributed by atoms with E-state index in [1.807, 2.05) is 41.8 Å². The maximum atomic E-state index is 14.1. The van der Waals surface area contributed by atoms with E-state index in [2.05, 4.69) is 4.98 Å². The zero-order valence-electron chi connectivity index (χ0n) is 11.0. The van der Waals surface area contributed by atoms with Crippen LogP contribution in [0.25, 0.3) is 11.0 Å². The minimum atomic E-state index is -0.452. The molecular weight excluding hydrogens is 253 g/mol. The molecule has 1 heterocycles. The first kappa shape index (κ1) is 12.4. The predicted molar refractivity (Wildman–Crippen MR) is 74.7 cm³/mol. The first-order chi connectivity index (χ1) is 9.70. The van der Waals surface area contributed by atoms with E-state index in [4.69, 9.17) is 5.26 Å². The summed E-state index contributed by atoms with van der Waals surface area (Å²) in [6, 6.07) is 14.5. The molecule has 4 heteroatoms. The second-order valence-electron chi connectivity index (χ2n) is 4.62. The fraction of sp³-hybridized carbons (Fsp3) is 0.125. The van der Waals surface area contributed by atoms with E-state index < -0.39 is 5.82 Å². The van der Waals surface area contributed by atoms with Gasteiger partial charge in [0.15, 0.2) is 0 Å². The molecule has 0 unspecified atom stereocenters. The van der Waals surface area contributed by atoms with E-state index in [1.165, 1.54) is 6.07 Å². The Balaban J connectivity index is 2.11. The standard InChI is InChI=1S/C16H12FN3/c1-11-19-14-7-2-3-8-15(14)20(11)10-13-6-4-5-12(9-18)16(13)17/h2-8H,10H2,1H3. The first-order valence-corrected chi connectivity index (χ1v) is 6.30. The van der Waals surface area contributed by atoms with Crippen molar-refractivity contribution < 1.29 is 4.39 Å². The summed E-state index contributed by atoms with van der Waals surface area (Å²) in [4.78, 5) is 4.46. The van der Waals surface area contributed by atoms with Crippen LogP contribution in [0.15, 0.2) is 42.5 Å². The molecule has 1 aromatic heterocycles. The van der Waals surface area contributed by atoms with E-state index in [-0.39, 0.29) is 5.56 Å². The van der Waals surface area contributed by atoms with Gasteiger partial charge in [-0.2, -0.15) is 5.26 Å². The number of hydrogen-bond acceptors (Lipinski definition) is 2. The Morgan fingerprint density at radius 2 is 2.00 bits per heavy atom. The highest BCUT2D eigenvalue weighted by molar-refractivity contribution is 5.75. The highest BCUT2D eigenvalue weighted by atomic mass is 19.1. The molecule has 0 fully saturated rings. The van der Waals surface area contributed by atoms with Crippen molar-refractivity contribution in [3.8, 4) is 6.07 Å². The van der Waals surface area contributed by atoms with Crippen molar-refractivity contribution in [3.05, 3.63) is 65.2 Å². The van der Waals surface area contributed by atoms with Crippen LogP contribution in [0.5, 0.6) is 0 Å². The number of aromatic nitrogens is 2. The summed E-state index contributed by atoms with van der Waals surface area (Å²) in [7, 11) is 0. The van der Waals surface area contributed by atoms with Gasteiger partial charge >= 0.3 is 0 Å². The van der Waals surface area contributed by atoms with Crippen molar-refractivity contribution in [1.29, 1.82) is 5.26 Å². The Hall–Kier alpha value is -2.67. The molecule has 0 spiro atoms. The highest BCUT2D eigenvalue weighted by Crippen LogP contribution is 2.19. The summed E-state index contributed by atoms with van der Waals surface area (Å²) in [5.41, 5.74) is 2.42. The van der Waals surface area contributed by atoms with Gasteiger partial charge in [-0.1, -0.05) is 24.3 Å². The average Bonchev–Trinajstić information content (AvgIpc) is 2.77. The van der Waals surface area contributed by atoms with Gasteiger partial charge in [0.1, 0.15) is 17.7 Å². The van der Waals surface area contributed by atoms with Crippen LogP contribution < -0.4 is 0 Å². The van der Waals surface area contributed by atoms with Gasteiger partial charge in [0.25, 0.3) is 0 Å². The van der Waals surface area contributed by atoms with Gasteiger partial charge in [0.05, 0.1) is 23.1 Å². The molecule has 0 atom stereocenters. The molecule has 0 radical (unpaired) electrons. The fourth-order valence-electron chi connectivity index (χ4n) is 2.35. The zero-order valence-corrected chi connectivity index (χ0v) is 11.0. The van der Waals surface area contributed by atoms with Crippen LogP contribution in [0.4, 0.5) is 4.39 Å². The van der Waals surface area contributed by atoms with Gasteiger partial charge in [-0.25, -0.2) is 9.37 Å². The first-order valence-electron chi connectivity index (χ1n) is 6.30. The second kappa shape index (κ2) is 4.78. The molecule has 0 saturated carbocycles. The third kappa shape index (κ3) is 1.94. The minimum absolute atomic E-state index is 0.0737. The van der Waals surface area contributed by atoms with Gasteiger partial charge in [0, 0.05) is 5.56 Å². The van der Waals surface area contributed by atoms with Crippen LogP contribution >= 0.6 is 0 Å². The number of nitrogens with zero attached hydrogens (tertiary/aromatic N) is 3. The SMILES string of the molecule is Cc1nc2ccccc2n1Cc1cccc(C#N)c1F. The lowest BCUT2D eigenvalue weighted by molar-refractivity contribution is 0.596. The quantitative estimate of drug-likeness (QED) is 0.712. The number of para-hydroxylation sites is 2. The summed E-state index contributed by atoms with van der Waals surface area (Å²) in [5.74, 6) is 0.375. The molecule has 98 valence electrons. The zero-order chi connectivity index (χ0) is 14.1. The van der Waals surface area contributed by atoms with Gasteiger partial charge < -0.3 is 4.57 Å². The lowest BCUT2D eigenvalue weighted by Gasteiger charge is -2.08. The monoisotopic (exact) mass is 265 g/mol. The molecule has 0 bridgehead atoms. The fourth-order valence-corrected chi connectivity index (χ4v) is 2.35. The summed E-state index contributed by atoms with van der Waals surface area (Å²) >= 11 is 0. The van der Waals surface area contributed by atoms with Gasteiger partial charge in [0.2, 0.25) is 0 Å². The van der Waals surface area contributed by atoms with Gasteiger partial charge in [-0.15, -0.1) is 0 Å². The lowest BCUT2D eigenvalue weighted by Crippen LogP contribution is -2.05. The van der Waals surface area contributed by atoms with Crippen LogP contribution in [0.3, 0.4) is 0 Å². The normalized spacial score (nSPS) is 10.7. The summed E-state index contributed by atoms with van der Waals surface area (Å²) < 4.78 is 16.1. The van der Waals surface area contributed by atoms with E-state index in [9.17, 15) is 4.39 Å². The van der Waals surface area contributed by atoms with Crippen LogP contribution in [0.1, 0.15) is 17.0 Å². The molecule has 0 aliphatic carbocycles. The molecule has 0 saturated heterocycles. The van der Waals surface area contributed by atoms with E-state index in [1.54, 1.807) is 12.1 Å². The van der Waals surface area contributed by atoms with Crippen molar-refractivity contribution in [3.63, 3.8) is 0 Å². The van der Waals surface area contributed by atoms with E-state index in [0.29, 0.717) is 12.1 Å². The number of imidazole rings is 1. The van der Waals surface area contributed by atoms with Crippen molar-refractivity contribution >= 4 is 11.0 Å². The van der Waals surface area contributed by atoms with Gasteiger partial charge in [-0.3, -0.25) is 0 Å². The Morgan fingerprint density at radius 3 is 2.80 bits per heavy atom. The number of nitriles is 1. The lowest BCUT2D eigenvalue weighted by atomic mass is 10.1. The Bertz CT molecular complexity index is 827. The van der Waals surface area contributed by atoms with E-state index >= 15 is 0 Å². The summed E-state index contributed by atoms with van der Waals surface area (Å²) in [6.07, 6.45) is 0. The molecule has 0 N–H and O–H groups in total. The smallest absolute Gasteiger partial charge is 0.145 e. The molecule has 20 heavy (non-hydrogen) atoms. The molecule has 0 aliphatic rings. The Labute approximate surface area is 115 Å². The molecule has 0 amide bonds. The van der Waals surface area contributed by atoms with Crippen molar-refractivity contribution in [1.82, 2.24) is 9.55 Å². The second-order valence-corrected chi connectivity index (χ2v) is 4.62. The van der Waals surface area contributed by atoms with Crippen LogP contribution in [-0.2, 0) is 6.54 Å². The minimum Gasteiger partial charge on any atom is -0.324 e. The topological polar surface area (TPSA) is 41.6 Å². The van der Waals surface area contributed by atoms with Crippen molar-refractivity contribution in [2.24, 2.45) is 0 Å². The molecule has 3 rings (SSSR count). The third-order valence-corrected chi connectivity index (χ3v) is 3.37. The summed E-state index contributed by atoms with van der Waals surface area (Å²) in [6.45, 7) is 2.26. The number of halogens is 1. The number of benzene rings is 2. The highest BCUT2D eigenvalue weighted by Gasteiger charge is 2.11. The largest absolute Gasteiger partial charge is 0.324 e. The number of aryl methyl sites for hydroxylation is 1. The van der Waals surface area contributed by atoms with Crippen LogP contribution in [-0.4, -0.2) is 9.55 Å². The molecule has 2 aromatic carbocycles. The molecule has 0 aliphatic heterocycles. The molecule has 3 nitrogen and oxygen atoms in total. The van der Waals surface area contributed by atoms with Crippen molar-refractivity contribution in [2.45, 2.75) is 13.5 Å². The Kier molecular flexibility index (Phi) is 2.96. The maximum Gasteiger partial charge on any atom is 0.145 e. The Morgan fingerprint density at radius 1 is 1.20 bits per heavy atom. The van der Waals surface area contributed by atoms with E-state index in [0.717, 1.165) is 16.9 Å². The van der Waals surface area contributed by atoms with Gasteiger partial charge in [-0.05, 0) is 25.1 Å².